The maximum Gasteiger partial charge on any atom is 0.422 e. The van der Waals surface area contributed by atoms with E-state index in [1.54, 1.807) is 24.3 Å². The minimum absolute atomic E-state index is 0.230. The highest BCUT2D eigenvalue weighted by atomic mass is 19.4. The van der Waals surface area contributed by atoms with Crippen molar-refractivity contribution >= 4 is 5.69 Å². The lowest BCUT2D eigenvalue weighted by atomic mass is 10.1. The van der Waals surface area contributed by atoms with Crippen LogP contribution in [0.4, 0.5) is 18.9 Å². The maximum absolute atomic E-state index is 12.0. The van der Waals surface area contributed by atoms with Crippen LogP contribution < -0.4 is 10.1 Å². The Balaban J connectivity index is 1.85. The van der Waals surface area contributed by atoms with E-state index in [2.05, 4.69) is 22.0 Å². The molecule has 112 valence electrons. The fourth-order valence-corrected chi connectivity index (χ4v) is 2.33. The fourth-order valence-electron chi connectivity index (χ4n) is 2.33. The van der Waals surface area contributed by atoms with Crippen LogP contribution in [0, 0.1) is 0 Å². The van der Waals surface area contributed by atoms with Gasteiger partial charge in [-0.2, -0.15) is 13.2 Å². The van der Waals surface area contributed by atoms with Crippen LogP contribution in [-0.2, 0) is 0 Å². The molecule has 0 aliphatic carbocycles. The predicted octanol–water partition coefficient (Wildman–Crippen LogP) is 3.13. The average Bonchev–Trinajstić information content (AvgIpc) is 2.37. The zero-order chi connectivity index (χ0) is 14.6. The molecular formula is C14H19F3N2O. The van der Waals surface area contributed by atoms with Crippen LogP contribution in [0.3, 0.4) is 0 Å². The van der Waals surface area contributed by atoms with E-state index in [-0.39, 0.29) is 5.75 Å². The summed E-state index contributed by atoms with van der Waals surface area (Å²) < 4.78 is 40.7. The quantitative estimate of drug-likeness (QED) is 0.921. The summed E-state index contributed by atoms with van der Waals surface area (Å²) in [5.74, 6) is 0.230. The van der Waals surface area contributed by atoms with E-state index in [4.69, 9.17) is 0 Å². The number of ether oxygens (including phenoxy) is 1. The van der Waals surface area contributed by atoms with Crippen molar-refractivity contribution in [2.45, 2.75) is 25.1 Å². The smallest absolute Gasteiger partial charge is 0.422 e. The largest absolute Gasteiger partial charge is 0.484 e. The molecule has 3 nitrogen and oxygen atoms in total. The highest BCUT2D eigenvalue weighted by molar-refractivity contribution is 5.47. The van der Waals surface area contributed by atoms with Gasteiger partial charge in [0.25, 0.3) is 0 Å². The van der Waals surface area contributed by atoms with Crippen molar-refractivity contribution in [1.29, 1.82) is 0 Å². The minimum Gasteiger partial charge on any atom is -0.484 e. The molecule has 1 aliphatic heterocycles. The number of alkyl halides is 3. The first-order valence-corrected chi connectivity index (χ1v) is 6.67. The van der Waals surface area contributed by atoms with E-state index in [1.165, 1.54) is 0 Å². The molecule has 1 heterocycles. The second-order valence-electron chi connectivity index (χ2n) is 5.17. The first kappa shape index (κ1) is 15.0. The number of likely N-dealkylation sites (tertiary alicyclic amines) is 1. The lowest BCUT2D eigenvalue weighted by Gasteiger charge is -2.30. The minimum atomic E-state index is -4.30. The Hall–Kier alpha value is -1.43. The summed E-state index contributed by atoms with van der Waals surface area (Å²) in [6, 6.07) is 7.00. The fraction of sp³-hybridized carbons (Fsp3) is 0.571. The molecule has 1 aromatic rings. The number of anilines is 1. The van der Waals surface area contributed by atoms with E-state index < -0.39 is 12.8 Å². The van der Waals surface area contributed by atoms with Gasteiger partial charge in [-0.1, -0.05) is 0 Å². The van der Waals surface area contributed by atoms with Crippen LogP contribution in [0.1, 0.15) is 12.8 Å². The third-order valence-corrected chi connectivity index (χ3v) is 3.25. The summed E-state index contributed by atoms with van der Waals surface area (Å²) in [5.41, 5.74) is 0.907. The van der Waals surface area contributed by atoms with E-state index >= 15 is 0 Å². The van der Waals surface area contributed by atoms with Gasteiger partial charge in [-0.3, -0.25) is 0 Å². The third-order valence-electron chi connectivity index (χ3n) is 3.25. The van der Waals surface area contributed by atoms with E-state index in [0.717, 1.165) is 31.6 Å². The van der Waals surface area contributed by atoms with E-state index in [0.29, 0.717) is 6.04 Å². The lowest BCUT2D eigenvalue weighted by molar-refractivity contribution is -0.153. The molecule has 1 N–H and O–H groups in total. The lowest BCUT2D eigenvalue weighted by Crippen LogP contribution is -2.39. The van der Waals surface area contributed by atoms with Crippen molar-refractivity contribution in [3.8, 4) is 5.75 Å². The van der Waals surface area contributed by atoms with Crippen LogP contribution in [0.25, 0.3) is 0 Å². The van der Waals surface area contributed by atoms with Crippen molar-refractivity contribution in [2.75, 3.05) is 32.1 Å². The first-order valence-electron chi connectivity index (χ1n) is 6.67. The van der Waals surface area contributed by atoms with Gasteiger partial charge in [0.2, 0.25) is 0 Å². The molecule has 0 amide bonds. The van der Waals surface area contributed by atoms with Gasteiger partial charge >= 0.3 is 6.18 Å². The van der Waals surface area contributed by atoms with Crippen molar-refractivity contribution < 1.29 is 17.9 Å². The highest BCUT2D eigenvalue weighted by Gasteiger charge is 2.28. The predicted molar refractivity (Wildman–Crippen MR) is 72.1 cm³/mol. The molecule has 20 heavy (non-hydrogen) atoms. The van der Waals surface area contributed by atoms with E-state index in [1.807, 2.05) is 0 Å². The standard InChI is InChI=1S/C14H19F3N2O/c1-19-8-2-3-12(9-19)18-11-4-6-13(7-5-11)20-10-14(15,16)17/h4-7,12,18H,2-3,8-10H2,1H3. The number of benzene rings is 1. The Labute approximate surface area is 116 Å². The maximum atomic E-state index is 12.0. The topological polar surface area (TPSA) is 24.5 Å². The molecule has 1 unspecified atom stereocenters. The summed E-state index contributed by atoms with van der Waals surface area (Å²) in [5, 5.41) is 3.39. The molecule has 1 aliphatic rings. The summed E-state index contributed by atoms with van der Waals surface area (Å²) in [4.78, 5) is 2.27. The number of piperidine rings is 1. The van der Waals surface area contributed by atoms with Crippen LogP contribution in [-0.4, -0.2) is 43.9 Å². The summed E-state index contributed by atoms with van der Waals surface area (Å²) in [7, 11) is 2.09. The Morgan fingerprint density at radius 2 is 2.00 bits per heavy atom. The van der Waals surface area contributed by atoms with Crippen LogP contribution in [0.2, 0.25) is 0 Å². The van der Waals surface area contributed by atoms with Gasteiger partial charge in [-0.05, 0) is 50.7 Å². The molecule has 1 aromatic carbocycles. The Morgan fingerprint density at radius 1 is 1.30 bits per heavy atom. The molecule has 2 rings (SSSR count). The normalized spacial score (nSPS) is 20.7. The van der Waals surface area contributed by atoms with Gasteiger partial charge in [-0.15, -0.1) is 0 Å². The number of hydrogen-bond acceptors (Lipinski definition) is 3. The molecule has 1 fully saturated rings. The number of rotatable bonds is 4. The molecule has 1 saturated heterocycles. The zero-order valence-electron chi connectivity index (χ0n) is 11.4. The molecule has 1 atom stereocenters. The van der Waals surface area contributed by atoms with Crippen LogP contribution >= 0.6 is 0 Å². The molecule has 0 spiro atoms. The van der Waals surface area contributed by atoms with Crippen LogP contribution in [0.5, 0.6) is 5.75 Å². The van der Waals surface area contributed by atoms with Gasteiger partial charge in [0.15, 0.2) is 6.61 Å². The second-order valence-corrected chi connectivity index (χ2v) is 5.17. The van der Waals surface area contributed by atoms with Crippen molar-refractivity contribution in [2.24, 2.45) is 0 Å². The van der Waals surface area contributed by atoms with Crippen molar-refractivity contribution in [3.05, 3.63) is 24.3 Å². The average molecular weight is 288 g/mol. The SMILES string of the molecule is CN1CCCC(Nc2ccc(OCC(F)(F)F)cc2)C1. The summed E-state index contributed by atoms with van der Waals surface area (Å²) in [6.45, 7) is 0.835. The number of nitrogens with one attached hydrogen (secondary N) is 1. The number of halogens is 3. The van der Waals surface area contributed by atoms with Crippen molar-refractivity contribution in [1.82, 2.24) is 4.90 Å². The Morgan fingerprint density at radius 3 is 2.60 bits per heavy atom. The van der Waals surface area contributed by atoms with Gasteiger partial charge in [0, 0.05) is 18.3 Å². The Bertz CT molecular complexity index is 419. The molecule has 6 heteroatoms. The molecular weight excluding hydrogens is 269 g/mol. The highest BCUT2D eigenvalue weighted by Crippen LogP contribution is 2.21. The molecule has 0 saturated carbocycles. The summed E-state index contributed by atoms with van der Waals surface area (Å²) in [6.07, 6.45) is -2.04. The van der Waals surface area contributed by atoms with Crippen molar-refractivity contribution in [3.63, 3.8) is 0 Å². The number of nitrogens with zero attached hydrogens (tertiary/aromatic N) is 1. The van der Waals surface area contributed by atoms with Gasteiger partial charge < -0.3 is 15.0 Å². The van der Waals surface area contributed by atoms with Gasteiger partial charge in [0.1, 0.15) is 5.75 Å². The number of hydrogen-bond donors (Lipinski definition) is 1. The Kier molecular flexibility index (Phi) is 4.75. The third kappa shape index (κ3) is 4.92. The molecule has 0 aromatic heterocycles. The first-order chi connectivity index (χ1) is 9.42. The van der Waals surface area contributed by atoms with Gasteiger partial charge in [-0.25, -0.2) is 0 Å². The summed E-state index contributed by atoms with van der Waals surface area (Å²) >= 11 is 0. The molecule has 0 bridgehead atoms. The molecule has 0 radical (unpaired) electrons. The van der Waals surface area contributed by atoms with E-state index in [9.17, 15) is 13.2 Å². The zero-order valence-corrected chi connectivity index (χ0v) is 11.4. The van der Waals surface area contributed by atoms with Gasteiger partial charge in [0.05, 0.1) is 0 Å². The number of likely N-dealkylation sites (N-methyl/N-ethyl adjacent to an activating group) is 1. The monoisotopic (exact) mass is 288 g/mol. The second kappa shape index (κ2) is 6.35. The van der Waals surface area contributed by atoms with Crippen LogP contribution in [0.15, 0.2) is 24.3 Å².